The number of nitrogens with one attached hydrogen (secondary N) is 1. The molecule has 100 valence electrons. The van der Waals surface area contributed by atoms with Gasteiger partial charge in [0.05, 0.1) is 18.2 Å². The van der Waals surface area contributed by atoms with Crippen LogP contribution in [0.2, 0.25) is 0 Å². The van der Waals surface area contributed by atoms with Crippen LogP contribution in [0.1, 0.15) is 20.8 Å². The predicted molar refractivity (Wildman–Crippen MR) is 60.6 cm³/mol. The van der Waals surface area contributed by atoms with Gasteiger partial charge in [0.2, 0.25) is 0 Å². The number of nitrogens with zero attached hydrogens (tertiary/aromatic N) is 1. The Hall–Kier alpha value is -1.34. The summed E-state index contributed by atoms with van der Waals surface area (Å²) in [5.41, 5.74) is -0.814. The standard InChI is InChI=1S/C10H20N2O5/c1-6(14)7(8(15)16)11-9(17)12(4)10(2,3)5-13/h6-7,13-14H,5H2,1-4H3,(H,11,17)(H,15,16)/t6-,7+/m1/s1. The number of urea groups is 1. The Morgan fingerprint density at radius 3 is 2.18 bits per heavy atom. The minimum absolute atomic E-state index is 0.261. The van der Waals surface area contributed by atoms with E-state index in [0.29, 0.717) is 0 Å². The van der Waals surface area contributed by atoms with E-state index in [1.165, 1.54) is 18.9 Å². The molecule has 2 amide bonds. The van der Waals surface area contributed by atoms with Crippen molar-refractivity contribution in [2.75, 3.05) is 13.7 Å². The fourth-order valence-corrected chi connectivity index (χ4v) is 0.999. The van der Waals surface area contributed by atoms with Gasteiger partial charge in [-0.05, 0) is 20.8 Å². The number of hydrogen-bond acceptors (Lipinski definition) is 4. The third kappa shape index (κ3) is 4.20. The van der Waals surface area contributed by atoms with Gasteiger partial charge in [0, 0.05) is 7.05 Å². The lowest BCUT2D eigenvalue weighted by Crippen LogP contribution is -2.57. The van der Waals surface area contributed by atoms with Crippen LogP contribution in [-0.2, 0) is 4.79 Å². The topological polar surface area (TPSA) is 110 Å². The van der Waals surface area contributed by atoms with Gasteiger partial charge < -0.3 is 25.5 Å². The summed E-state index contributed by atoms with van der Waals surface area (Å²) in [5, 5.41) is 29.3. The summed E-state index contributed by atoms with van der Waals surface area (Å²) in [6.07, 6.45) is -1.21. The van der Waals surface area contributed by atoms with Gasteiger partial charge >= 0.3 is 12.0 Å². The number of likely N-dealkylation sites (N-methyl/N-ethyl adjacent to an activating group) is 1. The van der Waals surface area contributed by atoms with Crippen LogP contribution in [0.25, 0.3) is 0 Å². The highest BCUT2D eigenvalue weighted by atomic mass is 16.4. The molecule has 0 heterocycles. The fraction of sp³-hybridized carbons (Fsp3) is 0.800. The van der Waals surface area contributed by atoms with Gasteiger partial charge in [-0.3, -0.25) is 0 Å². The molecule has 0 saturated carbocycles. The fourth-order valence-electron chi connectivity index (χ4n) is 0.999. The van der Waals surface area contributed by atoms with E-state index in [1.807, 2.05) is 0 Å². The molecule has 17 heavy (non-hydrogen) atoms. The second-order valence-electron chi connectivity index (χ2n) is 4.54. The highest BCUT2D eigenvalue weighted by Crippen LogP contribution is 2.11. The van der Waals surface area contributed by atoms with Crippen LogP contribution in [0.15, 0.2) is 0 Å². The molecule has 4 N–H and O–H groups in total. The SMILES string of the molecule is C[C@@H](O)[C@H](NC(=O)N(C)C(C)(C)CO)C(=O)O. The average molecular weight is 248 g/mol. The van der Waals surface area contributed by atoms with Crippen molar-refractivity contribution in [3.8, 4) is 0 Å². The minimum atomic E-state index is -1.38. The second-order valence-corrected chi connectivity index (χ2v) is 4.54. The zero-order valence-corrected chi connectivity index (χ0v) is 10.5. The number of carbonyl (C=O) groups is 2. The van der Waals surface area contributed by atoms with E-state index in [4.69, 9.17) is 10.2 Å². The van der Waals surface area contributed by atoms with Crippen molar-refractivity contribution in [3.05, 3.63) is 0 Å². The first-order chi connectivity index (χ1) is 7.63. The van der Waals surface area contributed by atoms with Gasteiger partial charge in [-0.2, -0.15) is 0 Å². The van der Waals surface area contributed by atoms with Crippen molar-refractivity contribution in [2.24, 2.45) is 0 Å². The summed E-state index contributed by atoms with van der Waals surface area (Å²) in [4.78, 5) is 23.7. The lowest BCUT2D eigenvalue weighted by atomic mass is 10.1. The number of aliphatic carboxylic acids is 1. The molecule has 0 saturated heterocycles. The van der Waals surface area contributed by atoms with E-state index in [-0.39, 0.29) is 6.61 Å². The van der Waals surface area contributed by atoms with Gasteiger partial charge in [-0.15, -0.1) is 0 Å². The van der Waals surface area contributed by atoms with Crippen molar-refractivity contribution < 1.29 is 24.9 Å². The van der Waals surface area contributed by atoms with Gasteiger partial charge in [-0.25, -0.2) is 9.59 Å². The molecule has 0 rings (SSSR count). The number of amides is 2. The van der Waals surface area contributed by atoms with Gasteiger partial charge in [0.15, 0.2) is 6.04 Å². The molecule has 0 aromatic heterocycles. The third-order valence-electron chi connectivity index (χ3n) is 2.63. The largest absolute Gasteiger partial charge is 0.480 e. The Bertz CT molecular complexity index is 290. The van der Waals surface area contributed by atoms with Crippen LogP contribution in [0.3, 0.4) is 0 Å². The lowest BCUT2D eigenvalue weighted by Gasteiger charge is -2.34. The number of carbonyl (C=O) groups excluding carboxylic acids is 1. The zero-order chi connectivity index (χ0) is 13.8. The number of rotatable bonds is 5. The summed E-state index contributed by atoms with van der Waals surface area (Å²) in [7, 11) is 1.44. The van der Waals surface area contributed by atoms with Crippen LogP contribution < -0.4 is 5.32 Å². The van der Waals surface area contributed by atoms with Crippen molar-refractivity contribution in [2.45, 2.75) is 38.5 Å². The zero-order valence-electron chi connectivity index (χ0n) is 10.5. The molecule has 7 nitrogen and oxygen atoms in total. The molecule has 0 aromatic rings. The molecule has 0 spiro atoms. The number of carboxylic acids is 1. The normalized spacial score (nSPS) is 14.9. The summed E-state index contributed by atoms with van der Waals surface area (Å²) < 4.78 is 0. The average Bonchev–Trinajstić information content (AvgIpc) is 2.23. The number of aliphatic hydroxyl groups is 2. The molecule has 2 atom stereocenters. The summed E-state index contributed by atoms with van der Waals surface area (Å²) in [6, 6.07) is -2.04. The quantitative estimate of drug-likeness (QED) is 0.511. The molecule has 0 aromatic carbocycles. The van der Waals surface area contributed by atoms with E-state index >= 15 is 0 Å². The monoisotopic (exact) mass is 248 g/mol. The summed E-state index contributed by atoms with van der Waals surface area (Å²) >= 11 is 0. The Balaban J connectivity index is 4.68. The van der Waals surface area contributed by atoms with Crippen LogP contribution >= 0.6 is 0 Å². The van der Waals surface area contributed by atoms with E-state index in [1.54, 1.807) is 13.8 Å². The predicted octanol–water partition coefficient (Wildman–Crippen LogP) is -0.767. The van der Waals surface area contributed by atoms with Crippen LogP contribution in [0.4, 0.5) is 4.79 Å². The van der Waals surface area contributed by atoms with Crippen molar-refractivity contribution in [1.82, 2.24) is 10.2 Å². The molecule has 0 aliphatic rings. The first-order valence-electron chi connectivity index (χ1n) is 5.19. The molecular formula is C10H20N2O5. The maximum Gasteiger partial charge on any atom is 0.328 e. The highest BCUT2D eigenvalue weighted by molar-refractivity contribution is 5.83. The molecule has 0 bridgehead atoms. The first kappa shape index (κ1) is 15.7. The van der Waals surface area contributed by atoms with E-state index in [0.717, 1.165) is 0 Å². The molecule has 0 unspecified atom stereocenters. The van der Waals surface area contributed by atoms with Crippen LogP contribution in [0, 0.1) is 0 Å². The Kier molecular flexibility index (Phi) is 5.37. The number of hydrogen-bond donors (Lipinski definition) is 4. The van der Waals surface area contributed by atoms with E-state index < -0.39 is 29.7 Å². The van der Waals surface area contributed by atoms with Gasteiger partial charge in [0.25, 0.3) is 0 Å². The molecule has 0 aliphatic heterocycles. The van der Waals surface area contributed by atoms with Crippen molar-refractivity contribution in [3.63, 3.8) is 0 Å². The summed E-state index contributed by atoms with van der Waals surface area (Å²) in [5.74, 6) is -1.32. The van der Waals surface area contributed by atoms with Crippen LogP contribution in [-0.4, -0.2) is 63.6 Å². The minimum Gasteiger partial charge on any atom is -0.480 e. The van der Waals surface area contributed by atoms with Crippen molar-refractivity contribution >= 4 is 12.0 Å². The highest BCUT2D eigenvalue weighted by Gasteiger charge is 2.31. The third-order valence-corrected chi connectivity index (χ3v) is 2.63. The lowest BCUT2D eigenvalue weighted by molar-refractivity contribution is -0.141. The first-order valence-corrected chi connectivity index (χ1v) is 5.19. The maximum absolute atomic E-state index is 11.7. The number of carboxylic acid groups (broad SMARTS) is 1. The molecule has 7 heteroatoms. The maximum atomic E-state index is 11.7. The van der Waals surface area contributed by atoms with Crippen molar-refractivity contribution in [1.29, 1.82) is 0 Å². The smallest absolute Gasteiger partial charge is 0.328 e. The van der Waals surface area contributed by atoms with E-state index in [2.05, 4.69) is 5.32 Å². The summed E-state index contributed by atoms with van der Waals surface area (Å²) in [6.45, 7) is 4.27. The van der Waals surface area contributed by atoms with Gasteiger partial charge in [0.1, 0.15) is 0 Å². The molecule has 0 aliphatic carbocycles. The Morgan fingerprint density at radius 1 is 1.41 bits per heavy atom. The molecule has 0 radical (unpaired) electrons. The van der Waals surface area contributed by atoms with Crippen LogP contribution in [0.5, 0.6) is 0 Å². The Morgan fingerprint density at radius 2 is 1.88 bits per heavy atom. The molecular weight excluding hydrogens is 228 g/mol. The van der Waals surface area contributed by atoms with E-state index in [9.17, 15) is 14.7 Å². The Labute approximate surface area is 100 Å². The number of aliphatic hydroxyl groups excluding tert-OH is 2. The van der Waals surface area contributed by atoms with Gasteiger partial charge in [-0.1, -0.05) is 0 Å². The molecule has 0 fully saturated rings. The second kappa shape index (κ2) is 5.83.